The van der Waals surface area contributed by atoms with Crippen LogP contribution >= 0.6 is 0 Å². The SMILES string of the molecule is CC(N1CCNCC1)N1C(C)(C)CC(N)CC1(C)C. The fourth-order valence-electron chi connectivity index (χ4n) is 4.60. The first-order chi connectivity index (χ1) is 8.74. The largest absolute Gasteiger partial charge is 0.328 e. The first-order valence-corrected chi connectivity index (χ1v) is 7.74. The molecule has 0 radical (unpaired) electrons. The number of hydrogen-bond acceptors (Lipinski definition) is 4. The van der Waals surface area contributed by atoms with Crippen LogP contribution in [0.3, 0.4) is 0 Å². The number of hydrogen-bond donors (Lipinski definition) is 2. The molecular weight excluding hydrogens is 236 g/mol. The van der Waals surface area contributed by atoms with Crippen molar-refractivity contribution in [3.8, 4) is 0 Å². The second-order valence-electron chi connectivity index (χ2n) is 7.58. The Morgan fingerprint density at radius 3 is 2.00 bits per heavy atom. The second kappa shape index (κ2) is 5.32. The first kappa shape index (κ1) is 15.2. The van der Waals surface area contributed by atoms with E-state index in [1.54, 1.807) is 0 Å². The Hall–Kier alpha value is -0.160. The van der Waals surface area contributed by atoms with Crippen molar-refractivity contribution in [2.45, 2.75) is 70.7 Å². The molecule has 0 spiro atoms. The molecule has 4 nitrogen and oxygen atoms in total. The van der Waals surface area contributed by atoms with Crippen molar-refractivity contribution in [3.63, 3.8) is 0 Å². The molecule has 0 aromatic carbocycles. The van der Waals surface area contributed by atoms with Crippen LogP contribution in [-0.4, -0.2) is 59.3 Å². The predicted molar refractivity (Wildman–Crippen MR) is 81.1 cm³/mol. The minimum atomic E-state index is 0.172. The quantitative estimate of drug-likeness (QED) is 0.790. The van der Waals surface area contributed by atoms with Crippen LogP contribution in [0, 0.1) is 0 Å². The van der Waals surface area contributed by atoms with Crippen molar-refractivity contribution in [1.82, 2.24) is 15.1 Å². The summed E-state index contributed by atoms with van der Waals surface area (Å²) >= 11 is 0. The lowest BCUT2D eigenvalue weighted by Crippen LogP contribution is -2.69. The molecule has 0 bridgehead atoms. The number of piperidine rings is 1. The summed E-state index contributed by atoms with van der Waals surface area (Å²) in [4.78, 5) is 5.31. The third-order valence-corrected chi connectivity index (χ3v) is 4.88. The van der Waals surface area contributed by atoms with Crippen molar-refractivity contribution < 1.29 is 0 Å². The first-order valence-electron chi connectivity index (χ1n) is 7.74. The summed E-state index contributed by atoms with van der Waals surface area (Å²) in [5.74, 6) is 0. The molecule has 0 aromatic rings. The molecule has 1 unspecified atom stereocenters. The van der Waals surface area contributed by atoms with Crippen LogP contribution in [-0.2, 0) is 0 Å². The third-order valence-electron chi connectivity index (χ3n) is 4.88. The Kier molecular flexibility index (Phi) is 4.26. The van der Waals surface area contributed by atoms with E-state index in [2.05, 4.69) is 49.7 Å². The van der Waals surface area contributed by atoms with Gasteiger partial charge in [-0.3, -0.25) is 9.80 Å². The summed E-state index contributed by atoms with van der Waals surface area (Å²) < 4.78 is 0. The lowest BCUT2D eigenvalue weighted by molar-refractivity contribution is -0.113. The number of rotatable bonds is 2. The molecule has 2 aliphatic heterocycles. The molecule has 3 N–H and O–H groups in total. The molecule has 0 amide bonds. The van der Waals surface area contributed by atoms with E-state index in [0.29, 0.717) is 12.2 Å². The highest BCUT2D eigenvalue weighted by Crippen LogP contribution is 2.39. The van der Waals surface area contributed by atoms with E-state index in [1.165, 1.54) is 0 Å². The lowest BCUT2D eigenvalue weighted by atomic mass is 9.76. The fourth-order valence-corrected chi connectivity index (χ4v) is 4.60. The van der Waals surface area contributed by atoms with Gasteiger partial charge >= 0.3 is 0 Å². The summed E-state index contributed by atoms with van der Waals surface area (Å²) in [7, 11) is 0. The van der Waals surface area contributed by atoms with Crippen molar-refractivity contribution in [3.05, 3.63) is 0 Å². The molecule has 19 heavy (non-hydrogen) atoms. The van der Waals surface area contributed by atoms with Crippen LogP contribution in [0.5, 0.6) is 0 Å². The number of likely N-dealkylation sites (tertiary alicyclic amines) is 1. The number of nitrogens with one attached hydrogen (secondary N) is 1. The molecule has 112 valence electrons. The maximum Gasteiger partial charge on any atom is 0.0603 e. The Bertz CT molecular complexity index is 289. The van der Waals surface area contributed by atoms with Crippen LogP contribution in [0.15, 0.2) is 0 Å². The predicted octanol–water partition coefficient (Wildman–Crippen LogP) is 1.22. The normalized spacial score (nSPS) is 31.3. The zero-order valence-electron chi connectivity index (χ0n) is 13.4. The van der Waals surface area contributed by atoms with Gasteiger partial charge in [0, 0.05) is 43.3 Å². The maximum atomic E-state index is 6.28. The molecule has 2 heterocycles. The number of nitrogens with zero attached hydrogens (tertiary/aromatic N) is 2. The average molecular weight is 268 g/mol. The monoisotopic (exact) mass is 268 g/mol. The van der Waals surface area contributed by atoms with Gasteiger partial charge in [-0.1, -0.05) is 0 Å². The average Bonchev–Trinajstić information content (AvgIpc) is 2.26. The van der Waals surface area contributed by atoms with Gasteiger partial charge in [-0.05, 0) is 47.5 Å². The van der Waals surface area contributed by atoms with Gasteiger partial charge in [0.2, 0.25) is 0 Å². The van der Waals surface area contributed by atoms with Crippen LogP contribution in [0.1, 0.15) is 47.5 Å². The Balaban J connectivity index is 2.18. The van der Waals surface area contributed by atoms with Crippen molar-refractivity contribution in [1.29, 1.82) is 0 Å². The molecule has 0 aromatic heterocycles. The summed E-state index contributed by atoms with van der Waals surface area (Å²) in [5, 5.41) is 3.44. The van der Waals surface area contributed by atoms with Crippen molar-refractivity contribution >= 4 is 0 Å². The van der Waals surface area contributed by atoms with Gasteiger partial charge in [0.25, 0.3) is 0 Å². The molecular formula is C15H32N4. The Labute approximate surface area is 118 Å². The highest BCUT2D eigenvalue weighted by atomic mass is 15.4. The zero-order chi connectivity index (χ0) is 14.3. The molecule has 0 saturated carbocycles. The summed E-state index contributed by atoms with van der Waals surface area (Å²) in [6.07, 6.45) is 2.67. The van der Waals surface area contributed by atoms with E-state index in [0.717, 1.165) is 39.0 Å². The standard InChI is InChI=1S/C15H32N4/c1-12(18-8-6-17-7-9-18)19-14(2,3)10-13(16)11-15(19,4)5/h12-13,17H,6-11,16H2,1-5H3. The molecule has 2 aliphatic rings. The van der Waals surface area contributed by atoms with Gasteiger partial charge < -0.3 is 11.1 Å². The van der Waals surface area contributed by atoms with E-state index >= 15 is 0 Å². The smallest absolute Gasteiger partial charge is 0.0603 e. The Morgan fingerprint density at radius 1 is 1.05 bits per heavy atom. The fraction of sp³-hybridized carbons (Fsp3) is 1.00. The third kappa shape index (κ3) is 3.13. The zero-order valence-corrected chi connectivity index (χ0v) is 13.4. The van der Waals surface area contributed by atoms with Crippen molar-refractivity contribution in [2.24, 2.45) is 5.73 Å². The second-order valence-corrected chi connectivity index (χ2v) is 7.58. The molecule has 2 saturated heterocycles. The number of piperazine rings is 1. The van der Waals surface area contributed by atoms with Crippen LogP contribution in [0.25, 0.3) is 0 Å². The number of nitrogens with two attached hydrogens (primary N) is 1. The summed E-state index contributed by atoms with van der Waals surface area (Å²) in [5.41, 5.74) is 6.62. The lowest BCUT2D eigenvalue weighted by Gasteiger charge is -2.59. The van der Waals surface area contributed by atoms with Gasteiger partial charge in [0.05, 0.1) is 6.17 Å². The molecule has 0 aliphatic carbocycles. The molecule has 1 atom stereocenters. The minimum Gasteiger partial charge on any atom is -0.328 e. The minimum absolute atomic E-state index is 0.172. The summed E-state index contributed by atoms with van der Waals surface area (Å²) in [6.45, 7) is 16.3. The highest BCUT2D eigenvalue weighted by Gasteiger charge is 2.47. The van der Waals surface area contributed by atoms with Gasteiger partial charge in [-0.25, -0.2) is 0 Å². The highest BCUT2D eigenvalue weighted by molar-refractivity contribution is 5.03. The van der Waals surface area contributed by atoms with Crippen molar-refractivity contribution in [2.75, 3.05) is 26.2 Å². The summed E-state index contributed by atoms with van der Waals surface area (Å²) in [6, 6.07) is 0.330. The van der Waals surface area contributed by atoms with Gasteiger partial charge in [-0.15, -0.1) is 0 Å². The topological polar surface area (TPSA) is 44.5 Å². The van der Waals surface area contributed by atoms with Gasteiger partial charge in [-0.2, -0.15) is 0 Å². The van der Waals surface area contributed by atoms with E-state index in [-0.39, 0.29) is 11.1 Å². The van der Waals surface area contributed by atoms with E-state index in [9.17, 15) is 0 Å². The molecule has 2 rings (SSSR count). The van der Waals surface area contributed by atoms with Gasteiger partial charge in [0.1, 0.15) is 0 Å². The molecule has 2 fully saturated rings. The van der Waals surface area contributed by atoms with Crippen LogP contribution in [0.4, 0.5) is 0 Å². The van der Waals surface area contributed by atoms with Gasteiger partial charge in [0.15, 0.2) is 0 Å². The van der Waals surface area contributed by atoms with E-state index in [1.807, 2.05) is 0 Å². The Morgan fingerprint density at radius 2 is 1.53 bits per heavy atom. The van der Waals surface area contributed by atoms with Crippen LogP contribution in [0.2, 0.25) is 0 Å². The van der Waals surface area contributed by atoms with E-state index in [4.69, 9.17) is 5.73 Å². The maximum absolute atomic E-state index is 6.28. The van der Waals surface area contributed by atoms with Crippen LogP contribution < -0.4 is 11.1 Å². The van der Waals surface area contributed by atoms with E-state index < -0.39 is 0 Å². The molecule has 4 heteroatoms.